The first-order valence-electron chi connectivity index (χ1n) is 9.61. The molecule has 0 aromatic carbocycles. The van der Waals surface area contributed by atoms with Gasteiger partial charge in [0.05, 0.1) is 12.0 Å². The van der Waals surface area contributed by atoms with Crippen molar-refractivity contribution in [1.29, 1.82) is 0 Å². The number of rotatable bonds is 2. The molecule has 0 aliphatic heterocycles. The Kier molecular flexibility index (Phi) is 4.08. The Morgan fingerprint density at radius 1 is 1.35 bits per heavy atom. The molecule has 4 aliphatic rings. The third-order valence-corrected chi connectivity index (χ3v) is 8.47. The summed E-state index contributed by atoms with van der Waals surface area (Å²) in [5.41, 5.74) is -1.31. The number of Topliss-reactive ketones (excluding diaryl/α,β-unsaturated/α-hetero) is 1. The van der Waals surface area contributed by atoms with Crippen LogP contribution in [0.4, 0.5) is 0 Å². The van der Waals surface area contributed by atoms with Gasteiger partial charge in [-0.15, -0.1) is 11.6 Å². The number of carbonyl (C=O) groups is 2. The van der Waals surface area contributed by atoms with Crippen LogP contribution in [0.5, 0.6) is 0 Å². The van der Waals surface area contributed by atoms with Crippen LogP contribution >= 0.6 is 11.6 Å². The van der Waals surface area contributed by atoms with E-state index in [1.54, 1.807) is 12.2 Å². The topological polar surface area (TPSA) is 74.6 Å². The van der Waals surface area contributed by atoms with E-state index in [2.05, 4.69) is 6.92 Å². The molecule has 0 aromatic rings. The van der Waals surface area contributed by atoms with Gasteiger partial charge in [0.25, 0.3) is 0 Å². The average Bonchev–Trinajstić information content (AvgIpc) is 2.86. The SMILES string of the molecule is C[C@]12C=CC(=O)C=C1CCC1C2[C@H](O)C[C@@]2(C)C1CC[C@]2(O)C(=O)CCl. The predicted molar refractivity (Wildman–Crippen MR) is 98.7 cm³/mol. The van der Waals surface area contributed by atoms with Gasteiger partial charge in [0, 0.05) is 16.7 Å². The molecule has 0 saturated heterocycles. The van der Waals surface area contributed by atoms with Crippen molar-refractivity contribution in [2.45, 2.75) is 57.7 Å². The zero-order valence-electron chi connectivity index (χ0n) is 15.4. The molecule has 4 aliphatic carbocycles. The number of halogens is 1. The molecular weight excluding hydrogens is 352 g/mol. The Morgan fingerprint density at radius 2 is 2.08 bits per heavy atom. The normalized spacial score (nSPS) is 49.9. The van der Waals surface area contributed by atoms with Crippen molar-refractivity contribution >= 4 is 23.2 Å². The van der Waals surface area contributed by atoms with E-state index in [0.717, 1.165) is 24.8 Å². The minimum atomic E-state index is -1.44. The molecule has 3 fully saturated rings. The van der Waals surface area contributed by atoms with Crippen LogP contribution in [0.15, 0.2) is 23.8 Å². The minimum absolute atomic E-state index is 0.0124. The molecule has 3 saturated carbocycles. The average molecular weight is 379 g/mol. The Balaban J connectivity index is 1.75. The Hall–Kier alpha value is -0.970. The van der Waals surface area contributed by atoms with E-state index in [9.17, 15) is 19.8 Å². The molecule has 0 bridgehead atoms. The van der Waals surface area contributed by atoms with E-state index >= 15 is 0 Å². The third kappa shape index (κ3) is 2.15. The number of ketones is 2. The quantitative estimate of drug-likeness (QED) is 0.724. The lowest BCUT2D eigenvalue weighted by molar-refractivity contribution is -0.174. The molecule has 0 aromatic heterocycles. The van der Waals surface area contributed by atoms with Crippen molar-refractivity contribution in [2.75, 3.05) is 5.88 Å². The Labute approximate surface area is 159 Å². The Morgan fingerprint density at radius 3 is 2.77 bits per heavy atom. The molecule has 5 heteroatoms. The summed E-state index contributed by atoms with van der Waals surface area (Å²) in [5, 5.41) is 22.4. The summed E-state index contributed by atoms with van der Waals surface area (Å²) < 4.78 is 0. The van der Waals surface area contributed by atoms with Gasteiger partial charge in [0.15, 0.2) is 11.6 Å². The lowest BCUT2D eigenvalue weighted by Gasteiger charge is -2.59. The van der Waals surface area contributed by atoms with Crippen molar-refractivity contribution < 1.29 is 19.8 Å². The van der Waals surface area contributed by atoms with E-state index < -0.39 is 17.1 Å². The summed E-state index contributed by atoms with van der Waals surface area (Å²) in [6.07, 6.45) is 8.00. The molecule has 26 heavy (non-hydrogen) atoms. The Bertz CT molecular complexity index is 728. The van der Waals surface area contributed by atoms with Gasteiger partial charge in [-0.1, -0.05) is 25.5 Å². The zero-order chi connectivity index (χ0) is 18.9. The molecular formula is C21H27ClO4. The van der Waals surface area contributed by atoms with E-state index in [1.807, 2.05) is 13.0 Å². The fourth-order valence-corrected chi connectivity index (χ4v) is 7.12. The highest BCUT2D eigenvalue weighted by Gasteiger charge is 2.67. The van der Waals surface area contributed by atoms with Gasteiger partial charge in [-0.3, -0.25) is 9.59 Å². The van der Waals surface area contributed by atoms with Gasteiger partial charge < -0.3 is 10.2 Å². The molecule has 0 heterocycles. The van der Waals surface area contributed by atoms with Gasteiger partial charge in [-0.05, 0) is 56.1 Å². The van der Waals surface area contributed by atoms with Gasteiger partial charge in [-0.25, -0.2) is 0 Å². The monoisotopic (exact) mass is 378 g/mol. The summed E-state index contributed by atoms with van der Waals surface area (Å²) in [7, 11) is 0. The summed E-state index contributed by atoms with van der Waals surface area (Å²) in [4.78, 5) is 24.3. The van der Waals surface area contributed by atoms with E-state index in [4.69, 9.17) is 11.6 Å². The van der Waals surface area contributed by atoms with E-state index in [1.165, 1.54) is 0 Å². The molecule has 2 N–H and O–H groups in total. The molecule has 4 rings (SSSR count). The van der Waals surface area contributed by atoms with Crippen LogP contribution in [-0.2, 0) is 9.59 Å². The number of carbonyl (C=O) groups excluding carboxylic acids is 2. The summed E-state index contributed by atoms with van der Waals surface area (Å²) in [6.45, 7) is 4.08. The maximum Gasteiger partial charge on any atom is 0.179 e. The first kappa shape index (κ1) is 18.4. The molecule has 0 radical (unpaired) electrons. The van der Waals surface area contributed by atoms with Crippen molar-refractivity contribution in [2.24, 2.45) is 28.6 Å². The van der Waals surface area contributed by atoms with Crippen molar-refractivity contribution in [1.82, 2.24) is 0 Å². The first-order chi connectivity index (χ1) is 12.2. The van der Waals surface area contributed by atoms with Crippen LogP contribution in [0.2, 0.25) is 0 Å². The fourth-order valence-electron chi connectivity index (χ4n) is 6.90. The van der Waals surface area contributed by atoms with Crippen LogP contribution < -0.4 is 0 Å². The number of aliphatic hydroxyl groups is 2. The second-order valence-corrected chi connectivity index (χ2v) is 9.43. The number of hydrogen-bond donors (Lipinski definition) is 2. The van der Waals surface area contributed by atoms with E-state index in [0.29, 0.717) is 12.8 Å². The number of allylic oxidation sites excluding steroid dienone is 4. The highest BCUT2D eigenvalue weighted by molar-refractivity contribution is 6.29. The van der Waals surface area contributed by atoms with Gasteiger partial charge in [0.2, 0.25) is 0 Å². The van der Waals surface area contributed by atoms with Crippen LogP contribution in [0, 0.1) is 28.6 Å². The standard InChI is InChI=1S/C21H27ClO4/c1-19-7-5-13(23)9-12(19)3-4-14-15-6-8-21(26,17(25)11-22)20(15,2)10-16(24)18(14)19/h5,7,9,14-16,18,24,26H,3-4,6,8,10-11H2,1-2H3/t14?,15?,16-,18?,19+,20+,21+/m1/s1. The highest BCUT2D eigenvalue weighted by Crippen LogP contribution is 2.67. The van der Waals surface area contributed by atoms with Crippen LogP contribution in [0.1, 0.15) is 46.0 Å². The van der Waals surface area contributed by atoms with Crippen LogP contribution in [-0.4, -0.2) is 39.4 Å². The molecule has 4 nitrogen and oxygen atoms in total. The van der Waals surface area contributed by atoms with Crippen LogP contribution in [0.25, 0.3) is 0 Å². The largest absolute Gasteiger partial charge is 0.393 e. The summed E-state index contributed by atoms with van der Waals surface area (Å²) in [5.74, 6) is -0.0790. The summed E-state index contributed by atoms with van der Waals surface area (Å²) in [6, 6.07) is 0. The molecule has 0 spiro atoms. The molecule has 7 atom stereocenters. The predicted octanol–water partition coefficient (Wildman–Crippen LogP) is 2.80. The lowest BCUT2D eigenvalue weighted by atomic mass is 9.46. The van der Waals surface area contributed by atoms with Crippen molar-refractivity contribution in [3.8, 4) is 0 Å². The number of fused-ring (bicyclic) bond motifs is 5. The second-order valence-electron chi connectivity index (χ2n) is 9.17. The van der Waals surface area contributed by atoms with Crippen LogP contribution in [0.3, 0.4) is 0 Å². The molecule has 0 amide bonds. The number of hydrogen-bond acceptors (Lipinski definition) is 4. The van der Waals surface area contributed by atoms with Crippen molar-refractivity contribution in [3.05, 3.63) is 23.8 Å². The minimum Gasteiger partial charge on any atom is -0.393 e. The second kappa shape index (κ2) is 5.76. The number of aliphatic hydroxyl groups excluding tert-OH is 1. The lowest BCUT2D eigenvalue weighted by Crippen LogP contribution is -2.61. The smallest absolute Gasteiger partial charge is 0.179 e. The maximum atomic E-state index is 12.5. The third-order valence-electron chi connectivity index (χ3n) is 8.23. The summed E-state index contributed by atoms with van der Waals surface area (Å²) >= 11 is 5.80. The number of alkyl halides is 1. The maximum absolute atomic E-state index is 12.5. The fraction of sp³-hybridized carbons (Fsp3) is 0.714. The zero-order valence-corrected chi connectivity index (χ0v) is 16.1. The van der Waals surface area contributed by atoms with Crippen molar-refractivity contribution in [3.63, 3.8) is 0 Å². The molecule has 142 valence electrons. The molecule has 3 unspecified atom stereocenters. The van der Waals surface area contributed by atoms with Gasteiger partial charge in [-0.2, -0.15) is 0 Å². The van der Waals surface area contributed by atoms with Gasteiger partial charge in [0.1, 0.15) is 5.60 Å². The highest BCUT2D eigenvalue weighted by atomic mass is 35.5. The van der Waals surface area contributed by atoms with Gasteiger partial charge >= 0.3 is 0 Å². The van der Waals surface area contributed by atoms with E-state index in [-0.39, 0.29) is 40.6 Å². The first-order valence-corrected chi connectivity index (χ1v) is 10.1.